The number of likely N-dealkylation sites (N-methyl/N-ethyl adjacent to an activating group) is 1. The number of rotatable bonds is 9. The summed E-state index contributed by atoms with van der Waals surface area (Å²) >= 11 is 6.12. The minimum atomic E-state index is -0.627. The van der Waals surface area contributed by atoms with Crippen molar-refractivity contribution in [2.75, 3.05) is 18.0 Å². The van der Waals surface area contributed by atoms with Crippen LogP contribution in [0, 0.1) is 0 Å². The van der Waals surface area contributed by atoms with Crippen molar-refractivity contribution in [3.05, 3.63) is 76.8 Å². The van der Waals surface area contributed by atoms with Crippen molar-refractivity contribution in [2.24, 2.45) is 0 Å². The molecule has 6 nitrogen and oxygen atoms in total. The topological polar surface area (TPSA) is 69.7 Å². The van der Waals surface area contributed by atoms with Gasteiger partial charge in [-0.25, -0.2) is 0 Å². The van der Waals surface area contributed by atoms with Crippen LogP contribution in [0.5, 0.6) is 0 Å². The molecule has 1 aliphatic heterocycles. The molecule has 0 saturated carbocycles. The van der Waals surface area contributed by atoms with E-state index in [4.69, 9.17) is 11.6 Å². The van der Waals surface area contributed by atoms with Gasteiger partial charge in [-0.1, -0.05) is 48.0 Å². The lowest BCUT2D eigenvalue weighted by molar-refractivity contribution is -0.140. The molecule has 3 amide bonds. The largest absolute Gasteiger partial charge is 0.355 e. The van der Waals surface area contributed by atoms with Gasteiger partial charge in [0.1, 0.15) is 6.04 Å². The van der Waals surface area contributed by atoms with Crippen LogP contribution < -0.4 is 10.2 Å². The van der Waals surface area contributed by atoms with Crippen LogP contribution in [-0.4, -0.2) is 41.8 Å². The van der Waals surface area contributed by atoms with Gasteiger partial charge in [-0.3, -0.25) is 14.4 Å². The smallest absolute Gasteiger partial charge is 0.258 e. The van der Waals surface area contributed by atoms with E-state index in [1.807, 2.05) is 55.5 Å². The first kappa shape index (κ1) is 23.8. The monoisotopic (exact) mass is 477 g/mol. The number of carbonyl (C=O) groups is 3. The van der Waals surface area contributed by atoms with Gasteiger partial charge in [-0.15, -0.1) is 0 Å². The molecule has 0 bridgehead atoms. The van der Waals surface area contributed by atoms with E-state index in [1.54, 1.807) is 28.9 Å². The number of anilines is 1. The van der Waals surface area contributed by atoms with Crippen molar-refractivity contribution in [3.63, 3.8) is 0 Å². The summed E-state index contributed by atoms with van der Waals surface area (Å²) in [5.41, 5.74) is 2.44. The highest BCUT2D eigenvalue weighted by atomic mass is 35.5. The van der Waals surface area contributed by atoms with Crippen molar-refractivity contribution < 1.29 is 14.4 Å². The Morgan fingerprint density at radius 3 is 2.56 bits per heavy atom. The highest BCUT2D eigenvalue weighted by Gasteiger charge is 2.30. The predicted molar refractivity (Wildman–Crippen MR) is 135 cm³/mol. The fourth-order valence-corrected chi connectivity index (χ4v) is 4.68. The molecule has 1 aliphatic rings. The molecule has 3 aromatic carbocycles. The van der Waals surface area contributed by atoms with Gasteiger partial charge < -0.3 is 15.1 Å². The average molecular weight is 478 g/mol. The van der Waals surface area contributed by atoms with Gasteiger partial charge in [0.2, 0.25) is 11.8 Å². The molecule has 0 fully saturated rings. The van der Waals surface area contributed by atoms with Gasteiger partial charge in [0.15, 0.2) is 0 Å². The summed E-state index contributed by atoms with van der Waals surface area (Å²) in [7, 11) is 0. The molecule has 1 heterocycles. The number of benzene rings is 3. The van der Waals surface area contributed by atoms with E-state index in [0.29, 0.717) is 30.1 Å². The number of hydrogen-bond acceptors (Lipinski definition) is 3. The fourth-order valence-electron chi connectivity index (χ4n) is 4.47. The molecule has 0 aromatic heterocycles. The molecule has 1 unspecified atom stereocenters. The first-order valence-corrected chi connectivity index (χ1v) is 11.9. The quantitative estimate of drug-likeness (QED) is 0.482. The molecule has 7 heteroatoms. The van der Waals surface area contributed by atoms with E-state index in [-0.39, 0.29) is 30.7 Å². The molecule has 1 N–H and O–H groups in total. The summed E-state index contributed by atoms with van der Waals surface area (Å²) in [5.74, 6) is -0.374. The maximum Gasteiger partial charge on any atom is 0.258 e. The Bertz CT molecular complexity index is 1240. The molecule has 0 saturated heterocycles. The van der Waals surface area contributed by atoms with E-state index in [1.165, 1.54) is 0 Å². The van der Waals surface area contributed by atoms with Crippen molar-refractivity contribution in [3.8, 4) is 0 Å². The Morgan fingerprint density at radius 1 is 1.09 bits per heavy atom. The van der Waals surface area contributed by atoms with E-state index in [0.717, 1.165) is 22.0 Å². The van der Waals surface area contributed by atoms with Crippen LogP contribution in [0.4, 0.5) is 5.69 Å². The molecular weight excluding hydrogens is 450 g/mol. The zero-order valence-electron chi connectivity index (χ0n) is 19.4. The van der Waals surface area contributed by atoms with Crippen LogP contribution in [-0.2, 0) is 16.1 Å². The number of amides is 3. The van der Waals surface area contributed by atoms with E-state index in [2.05, 4.69) is 5.32 Å². The Labute approximate surface area is 204 Å². The van der Waals surface area contributed by atoms with Gasteiger partial charge in [-0.05, 0) is 55.5 Å². The van der Waals surface area contributed by atoms with Crippen LogP contribution in [0.15, 0.2) is 60.7 Å². The maximum absolute atomic E-state index is 13.3. The predicted octanol–water partition coefficient (Wildman–Crippen LogP) is 4.79. The Kier molecular flexibility index (Phi) is 7.17. The zero-order chi connectivity index (χ0) is 24.2. The van der Waals surface area contributed by atoms with E-state index in [9.17, 15) is 14.4 Å². The van der Waals surface area contributed by atoms with Crippen LogP contribution in [0.25, 0.3) is 10.8 Å². The van der Waals surface area contributed by atoms with Gasteiger partial charge in [0.05, 0.1) is 5.69 Å². The third kappa shape index (κ3) is 4.77. The number of nitrogens with zero attached hydrogens (tertiary/aromatic N) is 2. The second-order valence-corrected chi connectivity index (χ2v) is 8.90. The van der Waals surface area contributed by atoms with Crippen LogP contribution in [0.3, 0.4) is 0 Å². The Hall–Kier alpha value is -3.38. The fraction of sp³-hybridized carbons (Fsp3) is 0.296. The molecule has 0 spiro atoms. The number of nitrogens with one attached hydrogen (secondary N) is 1. The van der Waals surface area contributed by atoms with Crippen molar-refractivity contribution in [1.29, 1.82) is 0 Å². The minimum absolute atomic E-state index is 0.0364. The highest BCUT2D eigenvalue weighted by molar-refractivity contribution is 6.30. The lowest BCUT2D eigenvalue weighted by Crippen LogP contribution is -2.47. The Morgan fingerprint density at radius 2 is 1.82 bits per heavy atom. The second-order valence-electron chi connectivity index (χ2n) is 8.46. The summed E-state index contributed by atoms with van der Waals surface area (Å²) in [6.07, 6.45) is 0.712. The standard InChI is InChI=1S/C27H28ClN3O3/c1-3-29-26(33)18(2)31(17-19-8-4-11-21(28)16-19)24(32)14-7-15-30-23-13-6-10-20-9-5-12-22(25(20)23)27(30)34/h4-6,8-13,16,18H,3,7,14-15,17H2,1-2H3,(H,29,33). The third-order valence-electron chi connectivity index (χ3n) is 6.18. The number of carbonyl (C=O) groups excluding carboxylic acids is 3. The van der Waals surface area contributed by atoms with Gasteiger partial charge in [0.25, 0.3) is 5.91 Å². The highest BCUT2D eigenvalue weighted by Crippen LogP contribution is 2.37. The zero-order valence-corrected chi connectivity index (χ0v) is 20.1. The molecule has 0 aliphatic carbocycles. The molecule has 34 heavy (non-hydrogen) atoms. The van der Waals surface area contributed by atoms with E-state index < -0.39 is 6.04 Å². The number of halogens is 1. The Balaban J connectivity index is 1.46. The second kappa shape index (κ2) is 10.3. The summed E-state index contributed by atoms with van der Waals surface area (Å²) in [5, 5.41) is 5.37. The summed E-state index contributed by atoms with van der Waals surface area (Å²) in [6.45, 7) is 4.78. The molecule has 3 aromatic rings. The van der Waals surface area contributed by atoms with Crippen molar-refractivity contribution in [1.82, 2.24) is 10.2 Å². The van der Waals surface area contributed by atoms with Gasteiger partial charge in [0, 0.05) is 42.0 Å². The molecular formula is C27H28ClN3O3. The average Bonchev–Trinajstić information content (AvgIpc) is 3.10. The first-order valence-electron chi connectivity index (χ1n) is 11.6. The maximum atomic E-state index is 13.3. The molecule has 1 atom stereocenters. The van der Waals surface area contributed by atoms with E-state index >= 15 is 0 Å². The molecule has 4 rings (SSSR count). The SMILES string of the molecule is CCNC(=O)C(C)N(Cc1cccc(Cl)c1)C(=O)CCCN1C(=O)c2cccc3cccc1c23. The van der Waals surface area contributed by atoms with Crippen LogP contribution >= 0.6 is 11.6 Å². The lowest BCUT2D eigenvalue weighted by atomic mass is 10.1. The summed E-state index contributed by atoms with van der Waals surface area (Å²) in [4.78, 5) is 42.1. The van der Waals surface area contributed by atoms with Gasteiger partial charge >= 0.3 is 0 Å². The summed E-state index contributed by atoms with van der Waals surface area (Å²) < 4.78 is 0. The van der Waals surface area contributed by atoms with Crippen LogP contribution in [0.2, 0.25) is 5.02 Å². The lowest BCUT2D eigenvalue weighted by Gasteiger charge is -2.29. The molecule has 0 radical (unpaired) electrons. The normalized spacial score (nSPS) is 13.3. The van der Waals surface area contributed by atoms with Gasteiger partial charge in [-0.2, -0.15) is 0 Å². The first-order chi connectivity index (χ1) is 16.4. The van der Waals surface area contributed by atoms with Crippen LogP contribution in [0.1, 0.15) is 42.6 Å². The van der Waals surface area contributed by atoms with Crippen molar-refractivity contribution >= 4 is 45.8 Å². The third-order valence-corrected chi connectivity index (χ3v) is 6.42. The van der Waals surface area contributed by atoms with Crippen molar-refractivity contribution in [2.45, 2.75) is 39.3 Å². The molecule has 176 valence electrons. The number of hydrogen-bond donors (Lipinski definition) is 1. The summed E-state index contributed by atoms with van der Waals surface area (Å²) in [6, 6.07) is 18.3. The minimum Gasteiger partial charge on any atom is -0.355 e.